The van der Waals surface area contributed by atoms with Crippen molar-refractivity contribution in [2.75, 3.05) is 23.3 Å². The lowest BCUT2D eigenvalue weighted by atomic mass is 10.0. The monoisotopic (exact) mass is 288 g/mol. The minimum absolute atomic E-state index is 0.480. The molecule has 0 atom stereocenters. The number of nitrogens with one attached hydrogen (secondary N) is 1. The molecule has 0 amide bonds. The molecule has 1 fully saturated rings. The van der Waals surface area contributed by atoms with Gasteiger partial charge in [-0.05, 0) is 37.1 Å². The third-order valence-electron chi connectivity index (χ3n) is 3.57. The van der Waals surface area contributed by atoms with Crippen molar-refractivity contribution < 1.29 is 0 Å². The molecule has 2 aromatic rings. The van der Waals surface area contributed by atoms with Crippen LogP contribution in [0.5, 0.6) is 0 Å². The molecule has 0 unspecified atom stereocenters. The molecule has 4 nitrogen and oxygen atoms in total. The highest BCUT2D eigenvalue weighted by molar-refractivity contribution is 6.29. The van der Waals surface area contributed by atoms with E-state index in [-0.39, 0.29) is 0 Å². The molecule has 1 saturated heterocycles. The summed E-state index contributed by atoms with van der Waals surface area (Å²) in [6.07, 6.45) is 5.76. The number of hydrogen-bond acceptors (Lipinski definition) is 4. The van der Waals surface area contributed by atoms with E-state index in [1.54, 1.807) is 6.20 Å². The molecule has 0 spiro atoms. The van der Waals surface area contributed by atoms with E-state index in [1.165, 1.54) is 0 Å². The maximum Gasteiger partial charge on any atom is 0.131 e. The van der Waals surface area contributed by atoms with Crippen LogP contribution in [0.1, 0.15) is 12.8 Å². The summed E-state index contributed by atoms with van der Waals surface area (Å²) in [5, 5.41) is 4.05. The largest absolute Gasteiger partial charge is 0.382 e. The Balaban J connectivity index is 1.56. The zero-order valence-electron chi connectivity index (χ0n) is 11.2. The predicted octanol–water partition coefficient (Wildman–Crippen LogP) is 3.21. The number of halogens is 1. The van der Waals surface area contributed by atoms with Crippen LogP contribution >= 0.6 is 11.6 Å². The lowest BCUT2D eigenvalue weighted by Gasteiger charge is -2.33. The Morgan fingerprint density at radius 3 is 2.65 bits per heavy atom. The van der Waals surface area contributed by atoms with Crippen molar-refractivity contribution >= 4 is 23.1 Å². The van der Waals surface area contributed by atoms with E-state index in [9.17, 15) is 0 Å². The molecule has 0 bridgehead atoms. The highest BCUT2D eigenvalue weighted by Gasteiger charge is 2.19. The fourth-order valence-electron chi connectivity index (χ4n) is 2.52. The molecule has 104 valence electrons. The van der Waals surface area contributed by atoms with Gasteiger partial charge in [0.1, 0.15) is 11.0 Å². The lowest BCUT2D eigenvalue weighted by molar-refractivity contribution is 0.523. The van der Waals surface area contributed by atoms with Crippen molar-refractivity contribution in [3.05, 3.63) is 47.9 Å². The molecule has 0 radical (unpaired) electrons. The Morgan fingerprint density at radius 2 is 1.95 bits per heavy atom. The van der Waals surface area contributed by atoms with Crippen molar-refractivity contribution in [3.8, 4) is 0 Å². The maximum atomic E-state index is 5.90. The first kappa shape index (κ1) is 13.2. The van der Waals surface area contributed by atoms with Crippen LogP contribution in [0.4, 0.5) is 11.5 Å². The zero-order valence-corrected chi connectivity index (χ0v) is 11.9. The highest BCUT2D eigenvalue weighted by Crippen LogP contribution is 2.21. The third-order valence-corrected chi connectivity index (χ3v) is 3.77. The van der Waals surface area contributed by atoms with Gasteiger partial charge < -0.3 is 10.2 Å². The van der Waals surface area contributed by atoms with Crippen LogP contribution in [0.15, 0.2) is 42.7 Å². The van der Waals surface area contributed by atoms with Gasteiger partial charge in [-0.25, -0.2) is 9.97 Å². The molecule has 1 N–H and O–H groups in total. The summed E-state index contributed by atoms with van der Waals surface area (Å²) in [7, 11) is 0. The Hall–Kier alpha value is -1.81. The van der Waals surface area contributed by atoms with E-state index in [0.717, 1.165) is 37.4 Å². The molecular formula is C15H17ClN4. The first-order chi connectivity index (χ1) is 9.81. The van der Waals surface area contributed by atoms with Crippen LogP contribution in [0, 0.1) is 0 Å². The van der Waals surface area contributed by atoms with Crippen molar-refractivity contribution in [1.29, 1.82) is 0 Å². The summed E-state index contributed by atoms with van der Waals surface area (Å²) in [5.74, 6) is 1.07. The molecule has 3 rings (SSSR count). The van der Waals surface area contributed by atoms with Crippen molar-refractivity contribution in [2.45, 2.75) is 18.9 Å². The van der Waals surface area contributed by atoms with Gasteiger partial charge in [0, 0.05) is 37.2 Å². The number of piperidine rings is 1. The Kier molecular flexibility index (Phi) is 4.02. The standard InChI is InChI=1S/C15H17ClN4/c16-14-11-13(4-8-17-14)19-12-5-9-20(10-6-12)15-3-1-2-7-18-15/h1-4,7-8,11-12H,5-6,9-10H2,(H,17,19). The first-order valence-electron chi connectivity index (χ1n) is 6.85. The van der Waals surface area contributed by atoms with Gasteiger partial charge in [-0.1, -0.05) is 17.7 Å². The molecule has 0 saturated carbocycles. The normalized spacial score (nSPS) is 16.1. The van der Waals surface area contributed by atoms with Gasteiger partial charge in [-0.2, -0.15) is 0 Å². The number of rotatable bonds is 3. The molecule has 1 aliphatic rings. The smallest absolute Gasteiger partial charge is 0.131 e. The Bertz CT molecular complexity index is 553. The van der Waals surface area contributed by atoms with E-state index in [0.29, 0.717) is 11.2 Å². The number of aromatic nitrogens is 2. The van der Waals surface area contributed by atoms with Gasteiger partial charge >= 0.3 is 0 Å². The average molecular weight is 289 g/mol. The fourth-order valence-corrected chi connectivity index (χ4v) is 2.70. The number of anilines is 2. The average Bonchev–Trinajstić information content (AvgIpc) is 2.49. The Morgan fingerprint density at radius 1 is 1.10 bits per heavy atom. The highest BCUT2D eigenvalue weighted by atomic mass is 35.5. The second-order valence-electron chi connectivity index (χ2n) is 4.96. The van der Waals surface area contributed by atoms with E-state index < -0.39 is 0 Å². The van der Waals surface area contributed by atoms with Crippen molar-refractivity contribution in [3.63, 3.8) is 0 Å². The fraction of sp³-hybridized carbons (Fsp3) is 0.333. The van der Waals surface area contributed by atoms with Gasteiger partial charge in [0.25, 0.3) is 0 Å². The summed E-state index contributed by atoms with van der Waals surface area (Å²) in [4.78, 5) is 10.7. The minimum atomic E-state index is 0.480. The third kappa shape index (κ3) is 3.20. The molecule has 3 heterocycles. The van der Waals surface area contributed by atoms with Gasteiger partial charge in [-0.3, -0.25) is 0 Å². The predicted molar refractivity (Wildman–Crippen MR) is 82.3 cm³/mol. The van der Waals surface area contributed by atoms with Gasteiger partial charge in [-0.15, -0.1) is 0 Å². The van der Waals surface area contributed by atoms with E-state index in [2.05, 4.69) is 26.3 Å². The van der Waals surface area contributed by atoms with E-state index in [1.807, 2.05) is 30.5 Å². The summed E-state index contributed by atoms with van der Waals surface area (Å²) < 4.78 is 0. The lowest BCUT2D eigenvalue weighted by Crippen LogP contribution is -2.39. The second-order valence-corrected chi connectivity index (χ2v) is 5.35. The summed E-state index contributed by atoms with van der Waals surface area (Å²) in [5.41, 5.74) is 1.04. The quantitative estimate of drug-likeness (QED) is 0.881. The van der Waals surface area contributed by atoms with E-state index >= 15 is 0 Å². The summed E-state index contributed by atoms with van der Waals surface area (Å²) >= 11 is 5.90. The Labute approximate surface area is 123 Å². The zero-order chi connectivity index (χ0) is 13.8. The van der Waals surface area contributed by atoms with Gasteiger partial charge in [0.2, 0.25) is 0 Å². The van der Waals surface area contributed by atoms with Crippen LogP contribution in [0.2, 0.25) is 5.15 Å². The van der Waals surface area contributed by atoms with Crippen LogP contribution < -0.4 is 10.2 Å². The van der Waals surface area contributed by atoms with Crippen molar-refractivity contribution in [1.82, 2.24) is 9.97 Å². The molecular weight excluding hydrogens is 272 g/mol. The number of nitrogens with zero attached hydrogens (tertiary/aromatic N) is 3. The SMILES string of the molecule is Clc1cc(NC2CCN(c3ccccn3)CC2)ccn1. The topological polar surface area (TPSA) is 41.0 Å². The minimum Gasteiger partial charge on any atom is -0.382 e. The van der Waals surface area contributed by atoms with E-state index in [4.69, 9.17) is 11.6 Å². The van der Waals surface area contributed by atoms with Gasteiger partial charge in [0.05, 0.1) is 0 Å². The second kappa shape index (κ2) is 6.09. The maximum absolute atomic E-state index is 5.90. The van der Waals surface area contributed by atoms with Crippen LogP contribution in [0.25, 0.3) is 0 Å². The number of pyridine rings is 2. The molecule has 0 aromatic carbocycles. The van der Waals surface area contributed by atoms with Crippen LogP contribution in [-0.2, 0) is 0 Å². The summed E-state index contributed by atoms with van der Waals surface area (Å²) in [6, 6.07) is 10.4. The molecule has 5 heteroatoms. The number of hydrogen-bond donors (Lipinski definition) is 1. The molecule has 1 aliphatic heterocycles. The molecule has 20 heavy (non-hydrogen) atoms. The van der Waals surface area contributed by atoms with Gasteiger partial charge in [0.15, 0.2) is 0 Å². The van der Waals surface area contributed by atoms with Crippen LogP contribution in [-0.4, -0.2) is 29.1 Å². The molecule has 0 aliphatic carbocycles. The van der Waals surface area contributed by atoms with Crippen LogP contribution in [0.3, 0.4) is 0 Å². The molecule has 2 aromatic heterocycles. The summed E-state index contributed by atoms with van der Waals surface area (Å²) in [6.45, 7) is 2.04. The first-order valence-corrected chi connectivity index (χ1v) is 7.23. The van der Waals surface area contributed by atoms with Crippen molar-refractivity contribution in [2.24, 2.45) is 0 Å².